The summed E-state index contributed by atoms with van der Waals surface area (Å²) in [7, 11) is 0. The molecule has 0 radical (unpaired) electrons. The second kappa shape index (κ2) is 7.12. The fraction of sp³-hybridized carbons (Fsp3) is 0.533. The highest BCUT2D eigenvalue weighted by molar-refractivity contribution is 14.1. The van der Waals surface area contributed by atoms with E-state index in [4.69, 9.17) is 0 Å². The minimum absolute atomic E-state index is 0.0336. The molecule has 0 aliphatic rings. The summed E-state index contributed by atoms with van der Waals surface area (Å²) in [6.45, 7) is 9.59. The summed E-state index contributed by atoms with van der Waals surface area (Å²) in [5.74, 6) is 1.72. The number of benzene rings is 1. The average molecular weight is 359 g/mol. The molecule has 0 heterocycles. The molecule has 100 valence electrons. The molecule has 0 saturated heterocycles. The highest BCUT2D eigenvalue weighted by Gasteiger charge is 2.19. The van der Waals surface area contributed by atoms with Gasteiger partial charge in [-0.15, -0.1) is 0 Å². The van der Waals surface area contributed by atoms with Gasteiger partial charge in [0.05, 0.1) is 5.56 Å². The van der Waals surface area contributed by atoms with Crippen LogP contribution in [0.3, 0.4) is 0 Å². The molecule has 0 aromatic heterocycles. The zero-order valence-electron chi connectivity index (χ0n) is 11.5. The largest absolute Gasteiger partial charge is 0.352 e. The molecular formula is C15H22INO. The lowest BCUT2D eigenvalue weighted by Crippen LogP contribution is -2.34. The zero-order chi connectivity index (χ0) is 13.7. The predicted octanol–water partition coefficient (Wildman–Crippen LogP) is 3.95. The lowest BCUT2D eigenvalue weighted by atomic mass is 9.85. The molecule has 1 aromatic carbocycles. The first-order valence-electron chi connectivity index (χ1n) is 6.46. The van der Waals surface area contributed by atoms with Crippen molar-refractivity contribution < 1.29 is 4.79 Å². The van der Waals surface area contributed by atoms with Gasteiger partial charge >= 0.3 is 0 Å². The van der Waals surface area contributed by atoms with Crippen molar-refractivity contribution >= 4 is 28.5 Å². The van der Waals surface area contributed by atoms with Crippen molar-refractivity contribution in [3.8, 4) is 0 Å². The van der Waals surface area contributed by atoms with Crippen LogP contribution in [0.1, 0.15) is 38.1 Å². The van der Waals surface area contributed by atoms with Crippen LogP contribution >= 0.6 is 22.6 Å². The number of amides is 1. The summed E-state index contributed by atoms with van der Waals surface area (Å²) in [5.41, 5.74) is 0.768. The number of rotatable bonds is 5. The number of hydrogen-bond acceptors (Lipinski definition) is 1. The van der Waals surface area contributed by atoms with Gasteiger partial charge in [-0.2, -0.15) is 0 Å². The predicted molar refractivity (Wildman–Crippen MR) is 84.7 cm³/mol. The van der Waals surface area contributed by atoms with Crippen LogP contribution in [0.25, 0.3) is 0 Å². The number of hydrogen-bond donors (Lipinski definition) is 1. The van der Waals surface area contributed by atoms with Crippen molar-refractivity contribution in [1.29, 1.82) is 0 Å². The van der Waals surface area contributed by atoms with Gasteiger partial charge < -0.3 is 5.32 Å². The van der Waals surface area contributed by atoms with Crippen LogP contribution in [0, 0.1) is 21.3 Å². The van der Waals surface area contributed by atoms with Gasteiger partial charge in [-0.1, -0.05) is 39.8 Å². The van der Waals surface area contributed by atoms with Crippen LogP contribution in [0.2, 0.25) is 0 Å². The van der Waals surface area contributed by atoms with E-state index >= 15 is 0 Å². The van der Waals surface area contributed by atoms with Gasteiger partial charge in [0.15, 0.2) is 0 Å². The van der Waals surface area contributed by atoms with Gasteiger partial charge in [0, 0.05) is 10.1 Å². The second-order valence-corrected chi connectivity index (χ2v) is 6.50. The molecule has 18 heavy (non-hydrogen) atoms. The molecule has 3 heteroatoms. The molecular weight excluding hydrogens is 337 g/mol. The summed E-state index contributed by atoms with van der Waals surface area (Å²) < 4.78 is 0.998. The molecule has 0 atom stereocenters. The third-order valence-electron chi connectivity index (χ3n) is 3.33. The van der Waals surface area contributed by atoms with E-state index in [0.717, 1.165) is 15.7 Å². The monoisotopic (exact) mass is 359 g/mol. The molecule has 0 saturated carbocycles. The lowest BCUT2D eigenvalue weighted by Gasteiger charge is -2.25. The van der Waals surface area contributed by atoms with E-state index in [1.54, 1.807) is 0 Å². The van der Waals surface area contributed by atoms with Crippen LogP contribution in [-0.4, -0.2) is 12.5 Å². The molecule has 0 spiro atoms. The Hall–Kier alpha value is -0.580. The number of nitrogens with one attached hydrogen (secondary N) is 1. The molecule has 1 N–H and O–H groups in total. The fourth-order valence-corrected chi connectivity index (χ4v) is 2.82. The minimum Gasteiger partial charge on any atom is -0.352 e. The molecule has 0 unspecified atom stereocenters. The van der Waals surface area contributed by atoms with Gasteiger partial charge in [-0.3, -0.25) is 4.79 Å². The topological polar surface area (TPSA) is 29.1 Å². The molecule has 0 aliphatic heterocycles. The van der Waals surface area contributed by atoms with Crippen LogP contribution in [0.15, 0.2) is 24.3 Å². The number of carbonyl (C=O) groups excluding carboxylic acids is 1. The van der Waals surface area contributed by atoms with Crippen LogP contribution in [0.4, 0.5) is 0 Å². The average Bonchev–Trinajstić information content (AvgIpc) is 2.28. The molecule has 0 fully saturated rings. The Labute approximate surface area is 124 Å². The zero-order valence-corrected chi connectivity index (χ0v) is 13.7. The standard InChI is InChI=1S/C15H22INO/c1-10(2)13(11(3)4)9-17-15(18)12-7-5-6-8-14(12)16/h5-8,10-11,13H,9H2,1-4H3,(H,17,18). The maximum atomic E-state index is 12.1. The molecule has 0 aliphatic carbocycles. The first-order valence-corrected chi connectivity index (χ1v) is 7.54. The van der Waals surface area contributed by atoms with Gasteiger partial charge in [-0.05, 0) is 52.5 Å². The van der Waals surface area contributed by atoms with E-state index in [2.05, 4.69) is 55.6 Å². The lowest BCUT2D eigenvalue weighted by molar-refractivity contribution is 0.0936. The molecule has 2 nitrogen and oxygen atoms in total. The van der Waals surface area contributed by atoms with Crippen molar-refractivity contribution in [3.63, 3.8) is 0 Å². The Morgan fingerprint density at radius 2 is 1.72 bits per heavy atom. The summed E-state index contributed by atoms with van der Waals surface area (Å²) >= 11 is 2.20. The highest BCUT2D eigenvalue weighted by atomic mass is 127. The summed E-state index contributed by atoms with van der Waals surface area (Å²) in [6.07, 6.45) is 0. The fourth-order valence-electron chi connectivity index (χ4n) is 2.19. The molecule has 1 rings (SSSR count). The Bertz CT molecular complexity index is 393. The first-order chi connectivity index (χ1) is 8.43. The van der Waals surface area contributed by atoms with Crippen molar-refractivity contribution in [3.05, 3.63) is 33.4 Å². The SMILES string of the molecule is CC(C)C(CNC(=O)c1ccccc1I)C(C)C. The Morgan fingerprint density at radius 1 is 1.17 bits per heavy atom. The van der Waals surface area contributed by atoms with E-state index in [1.165, 1.54) is 0 Å². The molecule has 0 bridgehead atoms. The van der Waals surface area contributed by atoms with Gasteiger partial charge in [0.1, 0.15) is 0 Å². The van der Waals surface area contributed by atoms with E-state index < -0.39 is 0 Å². The van der Waals surface area contributed by atoms with Crippen molar-refractivity contribution in [2.45, 2.75) is 27.7 Å². The van der Waals surface area contributed by atoms with Gasteiger partial charge in [-0.25, -0.2) is 0 Å². The summed E-state index contributed by atoms with van der Waals surface area (Å²) in [5, 5.41) is 3.06. The van der Waals surface area contributed by atoms with Gasteiger partial charge in [0.2, 0.25) is 0 Å². The second-order valence-electron chi connectivity index (χ2n) is 5.34. The molecule has 1 aromatic rings. The number of halogens is 1. The van der Waals surface area contributed by atoms with Crippen LogP contribution in [0.5, 0.6) is 0 Å². The highest BCUT2D eigenvalue weighted by Crippen LogP contribution is 2.19. The maximum Gasteiger partial charge on any atom is 0.252 e. The quantitative estimate of drug-likeness (QED) is 0.793. The van der Waals surface area contributed by atoms with Crippen molar-refractivity contribution in [2.24, 2.45) is 17.8 Å². The summed E-state index contributed by atoms with van der Waals surface area (Å²) in [4.78, 5) is 12.1. The Balaban J connectivity index is 2.64. The summed E-state index contributed by atoms with van der Waals surface area (Å²) in [6, 6.07) is 7.68. The third kappa shape index (κ3) is 4.26. The first kappa shape index (κ1) is 15.5. The molecule has 1 amide bonds. The number of carbonyl (C=O) groups is 1. The van der Waals surface area contributed by atoms with Crippen LogP contribution in [-0.2, 0) is 0 Å². The van der Waals surface area contributed by atoms with Gasteiger partial charge in [0.25, 0.3) is 5.91 Å². The maximum absolute atomic E-state index is 12.1. The minimum atomic E-state index is 0.0336. The third-order valence-corrected chi connectivity index (χ3v) is 4.27. The Kier molecular flexibility index (Phi) is 6.12. The van der Waals surface area contributed by atoms with E-state index in [1.807, 2.05) is 24.3 Å². The van der Waals surface area contributed by atoms with Crippen LogP contribution < -0.4 is 5.32 Å². The normalized spacial score (nSPS) is 11.3. The smallest absolute Gasteiger partial charge is 0.252 e. The van der Waals surface area contributed by atoms with Crippen molar-refractivity contribution in [1.82, 2.24) is 5.32 Å². The van der Waals surface area contributed by atoms with E-state index in [0.29, 0.717) is 17.8 Å². The Morgan fingerprint density at radius 3 is 2.22 bits per heavy atom. The van der Waals surface area contributed by atoms with E-state index in [9.17, 15) is 4.79 Å². The van der Waals surface area contributed by atoms with E-state index in [-0.39, 0.29) is 5.91 Å². The van der Waals surface area contributed by atoms with Crippen molar-refractivity contribution in [2.75, 3.05) is 6.54 Å².